The number of carboxylic acids is 1. The van der Waals surface area contributed by atoms with Gasteiger partial charge in [-0.2, -0.15) is 0 Å². The molecule has 3 rings (SSSR count). The number of hydrogen-bond donors (Lipinski definition) is 1. The summed E-state index contributed by atoms with van der Waals surface area (Å²) >= 11 is 5.90. The van der Waals surface area contributed by atoms with E-state index in [2.05, 4.69) is 0 Å². The number of aliphatic carboxylic acids is 1. The summed E-state index contributed by atoms with van der Waals surface area (Å²) in [7, 11) is 0. The van der Waals surface area contributed by atoms with Crippen LogP contribution in [0.5, 0.6) is 0 Å². The summed E-state index contributed by atoms with van der Waals surface area (Å²) in [6, 6.07) is 6.79. The van der Waals surface area contributed by atoms with Gasteiger partial charge in [0.25, 0.3) is 5.91 Å². The van der Waals surface area contributed by atoms with Crippen LogP contribution >= 0.6 is 11.6 Å². The smallest absolute Gasteiger partial charge is 0.307 e. The number of carbonyl (C=O) groups excluding carboxylic acids is 2. The van der Waals surface area contributed by atoms with Crippen molar-refractivity contribution in [2.75, 3.05) is 26.2 Å². The standard InChI is InChI=1S/C16H17ClN2O4/c17-11-3-1-2-10(8-11)14(20)18-4-6-19(7-5-18)15(21)12-9-13(12)16(22)23/h1-3,8,12-13H,4-7,9H2,(H,22,23). The van der Waals surface area contributed by atoms with Gasteiger partial charge in [-0.25, -0.2) is 0 Å². The van der Waals surface area contributed by atoms with Crippen molar-refractivity contribution in [2.24, 2.45) is 11.8 Å². The first kappa shape index (κ1) is 15.8. The number of carboxylic acid groups (broad SMARTS) is 1. The van der Waals surface area contributed by atoms with E-state index in [-0.39, 0.29) is 17.7 Å². The Morgan fingerprint density at radius 2 is 1.70 bits per heavy atom. The van der Waals surface area contributed by atoms with Crippen molar-refractivity contribution < 1.29 is 19.5 Å². The molecule has 1 aromatic carbocycles. The third-order valence-corrected chi connectivity index (χ3v) is 4.61. The Morgan fingerprint density at radius 3 is 2.26 bits per heavy atom. The lowest BCUT2D eigenvalue weighted by molar-refractivity contribution is -0.142. The molecular formula is C16H17ClN2O4. The van der Waals surface area contributed by atoms with Gasteiger partial charge in [0.15, 0.2) is 0 Å². The minimum atomic E-state index is -0.905. The molecule has 0 radical (unpaired) electrons. The second-order valence-electron chi connectivity index (χ2n) is 5.91. The number of piperazine rings is 1. The maximum absolute atomic E-state index is 12.4. The van der Waals surface area contributed by atoms with Gasteiger partial charge in [-0.15, -0.1) is 0 Å². The highest BCUT2D eigenvalue weighted by atomic mass is 35.5. The first-order chi connectivity index (χ1) is 11.0. The zero-order valence-electron chi connectivity index (χ0n) is 12.4. The lowest BCUT2D eigenvalue weighted by Gasteiger charge is -2.35. The molecule has 0 bridgehead atoms. The van der Waals surface area contributed by atoms with Gasteiger partial charge in [-0.1, -0.05) is 17.7 Å². The van der Waals surface area contributed by atoms with Crippen molar-refractivity contribution in [1.29, 1.82) is 0 Å². The summed E-state index contributed by atoms with van der Waals surface area (Å²) in [5, 5.41) is 9.41. The van der Waals surface area contributed by atoms with E-state index in [9.17, 15) is 14.4 Å². The van der Waals surface area contributed by atoms with E-state index in [0.29, 0.717) is 43.2 Å². The van der Waals surface area contributed by atoms with Gasteiger partial charge in [-0.3, -0.25) is 14.4 Å². The van der Waals surface area contributed by atoms with Gasteiger partial charge in [0, 0.05) is 36.8 Å². The zero-order valence-corrected chi connectivity index (χ0v) is 13.2. The van der Waals surface area contributed by atoms with Crippen molar-refractivity contribution in [3.05, 3.63) is 34.9 Å². The number of hydrogen-bond acceptors (Lipinski definition) is 3. The molecule has 7 heteroatoms. The largest absolute Gasteiger partial charge is 0.481 e. The molecule has 1 aliphatic carbocycles. The Kier molecular flexibility index (Phi) is 4.26. The number of rotatable bonds is 3. The van der Waals surface area contributed by atoms with Crippen molar-refractivity contribution in [2.45, 2.75) is 6.42 Å². The van der Waals surface area contributed by atoms with E-state index in [4.69, 9.17) is 16.7 Å². The van der Waals surface area contributed by atoms with Crippen molar-refractivity contribution in [3.63, 3.8) is 0 Å². The third-order valence-electron chi connectivity index (χ3n) is 4.37. The Morgan fingerprint density at radius 1 is 1.04 bits per heavy atom. The molecule has 2 unspecified atom stereocenters. The van der Waals surface area contributed by atoms with E-state index in [0.717, 1.165) is 0 Å². The van der Waals surface area contributed by atoms with Crippen LogP contribution in [-0.2, 0) is 9.59 Å². The molecule has 1 aromatic rings. The Hall–Kier alpha value is -2.08. The fourth-order valence-electron chi connectivity index (χ4n) is 2.91. The van der Waals surface area contributed by atoms with Crippen LogP contribution in [0.2, 0.25) is 5.02 Å². The number of amides is 2. The minimum absolute atomic E-state index is 0.102. The van der Waals surface area contributed by atoms with Gasteiger partial charge in [0.2, 0.25) is 5.91 Å². The van der Waals surface area contributed by atoms with Crippen LogP contribution in [0.15, 0.2) is 24.3 Å². The fraction of sp³-hybridized carbons (Fsp3) is 0.438. The predicted octanol–water partition coefficient (Wildman–Crippen LogP) is 1.35. The van der Waals surface area contributed by atoms with Gasteiger partial charge in [-0.05, 0) is 24.6 Å². The second kappa shape index (κ2) is 6.20. The maximum atomic E-state index is 12.4. The van der Waals surface area contributed by atoms with Gasteiger partial charge >= 0.3 is 5.97 Å². The molecule has 6 nitrogen and oxygen atoms in total. The highest BCUT2D eigenvalue weighted by Gasteiger charge is 2.50. The van der Waals surface area contributed by atoms with Crippen LogP contribution in [0.4, 0.5) is 0 Å². The van der Waals surface area contributed by atoms with Gasteiger partial charge < -0.3 is 14.9 Å². The molecular weight excluding hydrogens is 320 g/mol. The summed E-state index contributed by atoms with van der Waals surface area (Å²) in [5.74, 6) is -2.03. The Labute approximate surface area is 138 Å². The average Bonchev–Trinajstić information content (AvgIpc) is 3.34. The topological polar surface area (TPSA) is 77.9 Å². The first-order valence-electron chi connectivity index (χ1n) is 7.54. The van der Waals surface area contributed by atoms with Crippen LogP contribution in [0, 0.1) is 11.8 Å². The van der Waals surface area contributed by atoms with E-state index < -0.39 is 11.9 Å². The lowest BCUT2D eigenvalue weighted by Crippen LogP contribution is -2.51. The van der Waals surface area contributed by atoms with Crippen LogP contribution in [0.1, 0.15) is 16.8 Å². The summed E-state index contributed by atoms with van der Waals surface area (Å²) in [6.45, 7) is 1.77. The number of halogens is 1. The molecule has 1 heterocycles. The van der Waals surface area contributed by atoms with Gasteiger partial charge in [0.05, 0.1) is 11.8 Å². The average molecular weight is 337 g/mol. The molecule has 1 saturated carbocycles. The zero-order chi connectivity index (χ0) is 16.6. The molecule has 2 fully saturated rings. The summed E-state index contributed by atoms with van der Waals surface area (Å²) in [4.78, 5) is 38.8. The van der Waals surface area contributed by atoms with Crippen LogP contribution in [0.3, 0.4) is 0 Å². The summed E-state index contributed by atoms with van der Waals surface area (Å²) < 4.78 is 0. The summed E-state index contributed by atoms with van der Waals surface area (Å²) in [6.07, 6.45) is 0.426. The Bertz CT molecular complexity index is 655. The number of benzene rings is 1. The Balaban J connectivity index is 1.55. The SMILES string of the molecule is O=C(O)C1CC1C(=O)N1CCN(C(=O)c2cccc(Cl)c2)CC1. The second-order valence-corrected chi connectivity index (χ2v) is 6.35. The molecule has 1 aliphatic heterocycles. The first-order valence-corrected chi connectivity index (χ1v) is 7.91. The minimum Gasteiger partial charge on any atom is -0.481 e. The van der Waals surface area contributed by atoms with Crippen molar-refractivity contribution in [1.82, 2.24) is 9.80 Å². The number of nitrogens with zero attached hydrogens (tertiary/aromatic N) is 2. The maximum Gasteiger partial charge on any atom is 0.307 e. The van der Waals surface area contributed by atoms with E-state index in [1.165, 1.54) is 0 Å². The van der Waals surface area contributed by atoms with E-state index >= 15 is 0 Å². The fourth-order valence-corrected chi connectivity index (χ4v) is 3.10. The summed E-state index contributed by atoms with van der Waals surface area (Å²) in [5.41, 5.74) is 0.533. The van der Waals surface area contributed by atoms with Crippen LogP contribution in [0.25, 0.3) is 0 Å². The highest BCUT2D eigenvalue weighted by Crippen LogP contribution is 2.40. The molecule has 0 aromatic heterocycles. The van der Waals surface area contributed by atoms with Crippen molar-refractivity contribution >= 4 is 29.4 Å². The van der Waals surface area contributed by atoms with Crippen LogP contribution < -0.4 is 0 Å². The highest BCUT2D eigenvalue weighted by molar-refractivity contribution is 6.30. The molecule has 122 valence electrons. The molecule has 2 atom stereocenters. The van der Waals surface area contributed by atoms with E-state index in [1.54, 1.807) is 34.1 Å². The normalized spacial score (nSPS) is 23.5. The third kappa shape index (κ3) is 3.32. The monoisotopic (exact) mass is 336 g/mol. The molecule has 2 aliphatic rings. The molecule has 23 heavy (non-hydrogen) atoms. The molecule has 0 spiro atoms. The molecule has 1 saturated heterocycles. The molecule has 1 N–H and O–H groups in total. The van der Waals surface area contributed by atoms with Crippen molar-refractivity contribution in [3.8, 4) is 0 Å². The molecule has 2 amide bonds. The quantitative estimate of drug-likeness (QED) is 0.903. The number of carbonyl (C=O) groups is 3. The predicted molar refractivity (Wildman–Crippen MR) is 83.2 cm³/mol. The lowest BCUT2D eigenvalue weighted by atomic mass is 10.1. The van der Waals surface area contributed by atoms with Crippen LogP contribution in [-0.4, -0.2) is 58.9 Å². The van der Waals surface area contributed by atoms with E-state index in [1.807, 2.05) is 0 Å². The van der Waals surface area contributed by atoms with Gasteiger partial charge in [0.1, 0.15) is 0 Å².